The summed E-state index contributed by atoms with van der Waals surface area (Å²) in [5, 5.41) is 3.94. The molecule has 124 valence electrons. The Hall–Kier alpha value is -1.85. The Morgan fingerprint density at radius 2 is 1.92 bits per heavy atom. The molecule has 0 fully saturated rings. The Labute approximate surface area is 150 Å². The summed E-state index contributed by atoms with van der Waals surface area (Å²) in [6.07, 6.45) is 0. The molecule has 1 amide bonds. The summed E-state index contributed by atoms with van der Waals surface area (Å²) < 4.78 is 1.19. The smallest absolute Gasteiger partial charge is 0.237 e. The van der Waals surface area contributed by atoms with E-state index in [1.165, 1.54) is 4.70 Å². The summed E-state index contributed by atoms with van der Waals surface area (Å²) in [5.74, 6) is 0.784. The first-order valence-corrected chi connectivity index (χ1v) is 9.73. The highest BCUT2D eigenvalue weighted by Gasteiger charge is 2.15. The molecule has 2 aromatic carbocycles. The average Bonchev–Trinajstić information content (AvgIpc) is 2.94. The number of anilines is 1. The number of benzene rings is 2. The summed E-state index contributed by atoms with van der Waals surface area (Å²) in [4.78, 5) is 17.0. The molecule has 0 aliphatic carbocycles. The molecule has 0 aliphatic rings. The van der Waals surface area contributed by atoms with E-state index < -0.39 is 0 Å². The highest BCUT2D eigenvalue weighted by atomic mass is 32.2. The van der Waals surface area contributed by atoms with Gasteiger partial charge in [-0.3, -0.25) is 4.79 Å². The molecule has 1 unspecified atom stereocenters. The van der Waals surface area contributed by atoms with Crippen molar-refractivity contribution in [1.29, 1.82) is 0 Å². The largest absolute Gasteiger partial charge is 0.325 e. The minimum atomic E-state index is -0.127. The molecule has 5 heteroatoms. The number of hydrogen-bond acceptors (Lipinski definition) is 4. The second kappa shape index (κ2) is 7.36. The lowest BCUT2D eigenvalue weighted by Crippen LogP contribution is -2.22. The number of para-hydroxylation sites is 1. The van der Waals surface area contributed by atoms with E-state index in [1.807, 2.05) is 51.1 Å². The van der Waals surface area contributed by atoms with E-state index in [1.54, 1.807) is 23.1 Å². The second-order valence-electron chi connectivity index (χ2n) is 5.89. The van der Waals surface area contributed by atoms with Crippen LogP contribution in [-0.4, -0.2) is 16.1 Å². The third-order valence-electron chi connectivity index (χ3n) is 3.65. The predicted octanol–water partition coefficient (Wildman–Crippen LogP) is 5.17. The van der Waals surface area contributed by atoms with Crippen LogP contribution in [0.1, 0.15) is 23.1 Å². The van der Waals surface area contributed by atoms with Crippen LogP contribution >= 0.6 is 23.1 Å². The van der Waals surface area contributed by atoms with Gasteiger partial charge in [0.2, 0.25) is 5.91 Å². The predicted molar refractivity (Wildman–Crippen MR) is 105 cm³/mol. The first-order valence-electron chi connectivity index (χ1n) is 7.86. The summed E-state index contributed by atoms with van der Waals surface area (Å²) in [6.45, 7) is 6.01. The lowest BCUT2D eigenvalue weighted by molar-refractivity contribution is -0.115. The minimum absolute atomic E-state index is 0.0334. The first kappa shape index (κ1) is 17.0. The number of thiazole rings is 1. The van der Waals surface area contributed by atoms with E-state index in [-0.39, 0.29) is 11.2 Å². The molecule has 1 aromatic heterocycles. The number of amides is 1. The van der Waals surface area contributed by atoms with Crippen LogP contribution in [-0.2, 0) is 10.5 Å². The number of aryl methyl sites for hydroxylation is 2. The number of aromatic nitrogens is 1. The Bertz CT molecular complexity index is 819. The number of thioether (sulfide) groups is 1. The van der Waals surface area contributed by atoms with E-state index in [4.69, 9.17) is 0 Å². The summed E-state index contributed by atoms with van der Waals surface area (Å²) in [7, 11) is 0. The van der Waals surface area contributed by atoms with Gasteiger partial charge in [-0.2, -0.15) is 0 Å². The molecule has 1 atom stereocenters. The van der Waals surface area contributed by atoms with Crippen LogP contribution in [0.4, 0.5) is 5.69 Å². The van der Waals surface area contributed by atoms with Crippen molar-refractivity contribution < 1.29 is 4.79 Å². The van der Waals surface area contributed by atoms with E-state index >= 15 is 0 Å². The van der Waals surface area contributed by atoms with Crippen molar-refractivity contribution in [2.24, 2.45) is 0 Å². The maximum absolute atomic E-state index is 12.4. The third kappa shape index (κ3) is 4.16. The number of carbonyl (C=O) groups is 1. The minimum Gasteiger partial charge on any atom is -0.325 e. The fourth-order valence-electron chi connectivity index (χ4n) is 2.54. The van der Waals surface area contributed by atoms with Gasteiger partial charge in [0, 0.05) is 11.4 Å². The van der Waals surface area contributed by atoms with Crippen LogP contribution < -0.4 is 5.32 Å². The molecule has 0 bridgehead atoms. The number of nitrogens with zero attached hydrogens (tertiary/aromatic N) is 1. The van der Waals surface area contributed by atoms with Crippen molar-refractivity contribution in [3.05, 3.63) is 58.6 Å². The number of hydrogen-bond donors (Lipinski definition) is 1. The van der Waals surface area contributed by atoms with Crippen molar-refractivity contribution in [2.75, 3.05) is 5.32 Å². The zero-order valence-electron chi connectivity index (χ0n) is 14.0. The SMILES string of the molecule is Cc1cc(C)cc(NC(=O)C(C)SCc2nc3ccccc3s2)c1. The second-order valence-corrected chi connectivity index (χ2v) is 8.34. The average molecular weight is 357 g/mol. The molecular formula is C19H20N2OS2. The molecule has 0 aliphatic heterocycles. The van der Waals surface area contributed by atoms with Crippen molar-refractivity contribution in [1.82, 2.24) is 4.98 Å². The molecule has 0 spiro atoms. The number of carbonyl (C=O) groups excluding carboxylic acids is 1. The van der Waals surface area contributed by atoms with Gasteiger partial charge in [-0.25, -0.2) is 4.98 Å². The van der Waals surface area contributed by atoms with E-state index in [9.17, 15) is 4.79 Å². The van der Waals surface area contributed by atoms with Crippen LogP contribution in [0, 0.1) is 13.8 Å². The molecule has 3 aromatic rings. The van der Waals surface area contributed by atoms with Crippen LogP contribution in [0.5, 0.6) is 0 Å². The zero-order chi connectivity index (χ0) is 17.1. The van der Waals surface area contributed by atoms with Crippen LogP contribution in [0.15, 0.2) is 42.5 Å². The molecule has 3 nitrogen and oxygen atoms in total. The van der Waals surface area contributed by atoms with E-state index in [0.29, 0.717) is 0 Å². The quantitative estimate of drug-likeness (QED) is 0.685. The van der Waals surface area contributed by atoms with E-state index in [0.717, 1.165) is 33.1 Å². The fraction of sp³-hybridized carbons (Fsp3) is 0.263. The fourth-order valence-corrected chi connectivity index (χ4v) is 4.41. The van der Waals surface area contributed by atoms with Gasteiger partial charge in [0.1, 0.15) is 5.01 Å². The van der Waals surface area contributed by atoms with Crippen LogP contribution in [0.2, 0.25) is 0 Å². The monoisotopic (exact) mass is 356 g/mol. The van der Waals surface area contributed by atoms with Crippen LogP contribution in [0.3, 0.4) is 0 Å². The molecule has 0 radical (unpaired) electrons. The maximum atomic E-state index is 12.4. The number of fused-ring (bicyclic) bond motifs is 1. The highest BCUT2D eigenvalue weighted by molar-refractivity contribution is 7.99. The Balaban J connectivity index is 1.59. The number of nitrogens with one attached hydrogen (secondary N) is 1. The van der Waals surface area contributed by atoms with Crippen molar-refractivity contribution in [3.63, 3.8) is 0 Å². The van der Waals surface area contributed by atoms with Crippen molar-refractivity contribution in [2.45, 2.75) is 31.8 Å². The number of rotatable bonds is 5. The topological polar surface area (TPSA) is 42.0 Å². The molecular weight excluding hydrogens is 336 g/mol. The van der Waals surface area contributed by atoms with E-state index in [2.05, 4.69) is 22.4 Å². The van der Waals surface area contributed by atoms with Gasteiger partial charge in [-0.15, -0.1) is 23.1 Å². The van der Waals surface area contributed by atoms with Crippen LogP contribution in [0.25, 0.3) is 10.2 Å². The van der Waals surface area contributed by atoms with Crippen molar-refractivity contribution in [3.8, 4) is 0 Å². The highest BCUT2D eigenvalue weighted by Crippen LogP contribution is 2.27. The summed E-state index contributed by atoms with van der Waals surface area (Å²) in [6, 6.07) is 14.2. The Morgan fingerprint density at radius 3 is 2.62 bits per heavy atom. The lowest BCUT2D eigenvalue weighted by atomic mass is 10.1. The van der Waals surface area contributed by atoms with Gasteiger partial charge in [-0.05, 0) is 56.2 Å². The molecule has 0 saturated carbocycles. The van der Waals surface area contributed by atoms with Gasteiger partial charge in [0.05, 0.1) is 15.5 Å². The standard InChI is InChI=1S/C19H20N2OS2/c1-12-8-13(2)10-15(9-12)20-19(22)14(3)23-11-18-21-16-6-4-5-7-17(16)24-18/h4-10,14H,11H2,1-3H3,(H,20,22). The normalized spacial score (nSPS) is 12.3. The lowest BCUT2D eigenvalue weighted by Gasteiger charge is -2.12. The van der Waals surface area contributed by atoms with Gasteiger partial charge in [0.25, 0.3) is 0 Å². The Morgan fingerprint density at radius 1 is 1.21 bits per heavy atom. The summed E-state index contributed by atoms with van der Waals surface area (Å²) in [5.41, 5.74) is 4.20. The Kier molecular flexibility index (Phi) is 5.21. The molecule has 24 heavy (non-hydrogen) atoms. The third-order valence-corrected chi connectivity index (χ3v) is 6.03. The van der Waals surface area contributed by atoms with Gasteiger partial charge < -0.3 is 5.32 Å². The maximum Gasteiger partial charge on any atom is 0.237 e. The zero-order valence-corrected chi connectivity index (χ0v) is 15.6. The van der Waals surface area contributed by atoms with Gasteiger partial charge >= 0.3 is 0 Å². The first-order chi connectivity index (χ1) is 11.5. The molecule has 0 saturated heterocycles. The summed E-state index contributed by atoms with van der Waals surface area (Å²) >= 11 is 3.31. The molecule has 1 N–H and O–H groups in total. The van der Waals surface area contributed by atoms with Crippen molar-refractivity contribution >= 4 is 44.9 Å². The molecule has 1 heterocycles. The van der Waals surface area contributed by atoms with Gasteiger partial charge in [-0.1, -0.05) is 18.2 Å². The van der Waals surface area contributed by atoms with Gasteiger partial charge in [0.15, 0.2) is 0 Å². The molecule has 3 rings (SSSR count).